The zero-order chi connectivity index (χ0) is 11.5. The lowest BCUT2D eigenvalue weighted by atomic mass is 9.98. The maximum atomic E-state index is 10.6. The van der Waals surface area contributed by atoms with Gasteiger partial charge in [0, 0.05) is 6.07 Å². The van der Waals surface area contributed by atoms with Crippen LogP contribution >= 0.6 is 11.6 Å². The quantitative estimate of drug-likeness (QED) is 0.652. The highest BCUT2D eigenvalue weighted by atomic mass is 35.5. The molecule has 1 fully saturated rings. The van der Waals surface area contributed by atoms with Crippen molar-refractivity contribution in [2.45, 2.75) is 12.8 Å². The number of nitrogens with one attached hydrogen (secondary N) is 1. The second-order valence-corrected chi connectivity index (χ2v) is 4.51. The molecule has 1 aromatic carbocycles. The van der Waals surface area contributed by atoms with Gasteiger partial charge in [-0.05, 0) is 43.5 Å². The first-order valence-electron chi connectivity index (χ1n) is 5.30. The Morgan fingerprint density at radius 3 is 2.94 bits per heavy atom. The van der Waals surface area contributed by atoms with Crippen molar-refractivity contribution in [3.05, 3.63) is 38.9 Å². The van der Waals surface area contributed by atoms with Crippen LogP contribution in [-0.2, 0) is 6.42 Å². The average molecular weight is 241 g/mol. The first kappa shape index (κ1) is 11.4. The maximum absolute atomic E-state index is 10.6. The van der Waals surface area contributed by atoms with Gasteiger partial charge in [-0.2, -0.15) is 0 Å². The van der Waals surface area contributed by atoms with Crippen molar-refractivity contribution in [1.29, 1.82) is 0 Å². The Kier molecular flexibility index (Phi) is 3.41. The molecule has 0 saturated carbocycles. The van der Waals surface area contributed by atoms with Gasteiger partial charge in [-0.3, -0.25) is 10.1 Å². The molecule has 0 bridgehead atoms. The predicted molar refractivity (Wildman–Crippen MR) is 62.8 cm³/mol. The molecule has 0 aromatic heterocycles. The molecule has 0 spiro atoms. The summed E-state index contributed by atoms with van der Waals surface area (Å²) >= 11 is 5.85. The summed E-state index contributed by atoms with van der Waals surface area (Å²) in [6, 6.07) is 4.99. The van der Waals surface area contributed by atoms with Gasteiger partial charge in [0.05, 0.1) is 4.92 Å². The van der Waals surface area contributed by atoms with Gasteiger partial charge in [0.15, 0.2) is 0 Å². The Morgan fingerprint density at radius 2 is 2.38 bits per heavy atom. The largest absolute Gasteiger partial charge is 0.316 e. The van der Waals surface area contributed by atoms with Crippen LogP contribution in [0.4, 0.5) is 5.69 Å². The third-order valence-electron chi connectivity index (χ3n) is 2.90. The van der Waals surface area contributed by atoms with E-state index in [1.54, 1.807) is 12.1 Å². The minimum atomic E-state index is -0.455. The molecule has 5 heteroatoms. The molecular weight excluding hydrogens is 228 g/mol. The van der Waals surface area contributed by atoms with Crippen molar-refractivity contribution in [3.63, 3.8) is 0 Å². The van der Waals surface area contributed by atoms with E-state index in [0.29, 0.717) is 5.92 Å². The van der Waals surface area contributed by atoms with Crippen molar-refractivity contribution in [1.82, 2.24) is 5.32 Å². The summed E-state index contributed by atoms with van der Waals surface area (Å²) in [5, 5.41) is 14.1. The van der Waals surface area contributed by atoms with Gasteiger partial charge in [-0.25, -0.2) is 0 Å². The van der Waals surface area contributed by atoms with Crippen LogP contribution in [0.25, 0.3) is 0 Å². The van der Waals surface area contributed by atoms with Crippen molar-refractivity contribution in [2.75, 3.05) is 13.1 Å². The predicted octanol–water partition coefficient (Wildman–Crippen LogP) is 2.40. The van der Waals surface area contributed by atoms with E-state index in [0.717, 1.165) is 31.5 Å². The molecule has 1 aliphatic rings. The molecular formula is C11H13ClN2O2. The number of nitrogens with zero attached hydrogens (tertiary/aromatic N) is 1. The molecule has 16 heavy (non-hydrogen) atoms. The van der Waals surface area contributed by atoms with Crippen molar-refractivity contribution in [2.24, 2.45) is 5.92 Å². The highest BCUT2D eigenvalue weighted by molar-refractivity contribution is 6.32. The molecule has 2 rings (SSSR count). The third kappa shape index (κ3) is 2.51. The highest BCUT2D eigenvalue weighted by Gasteiger charge is 2.17. The summed E-state index contributed by atoms with van der Waals surface area (Å²) in [5.74, 6) is 0.623. The van der Waals surface area contributed by atoms with Crippen molar-refractivity contribution < 1.29 is 4.92 Å². The number of nitro groups is 1. The number of rotatable bonds is 3. The fourth-order valence-corrected chi connectivity index (χ4v) is 2.32. The van der Waals surface area contributed by atoms with Gasteiger partial charge in [0.25, 0.3) is 5.69 Å². The monoisotopic (exact) mass is 240 g/mol. The average Bonchev–Trinajstić information content (AvgIpc) is 2.70. The zero-order valence-corrected chi connectivity index (χ0v) is 9.54. The summed E-state index contributed by atoms with van der Waals surface area (Å²) in [5.41, 5.74) is 1.05. The molecule has 0 amide bonds. The molecule has 1 unspecified atom stereocenters. The van der Waals surface area contributed by atoms with Gasteiger partial charge < -0.3 is 5.32 Å². The number of halogens is 1. The van der Waals surface area contributed by atoms with Gasteiger partial charge >= 0.3 is 0 Å². The first-order valence-corrected chi connectivity index (χ1v) is 5.68. The van der Waals surface area contributed by atoms with Crippen molar-refractivity contribution >= 4 is 17.3 Å². The van der Waals surface area contributed by atoms with E-state index in [-0.39, 0.29) is 10.7 Å². The first-order chi connectivity index (χ1) is 7.66. The molecule has 4 nitrogen and oxygen atoms in total. The van der Waals surface area contributed by atoms with E-state index in [1.807, 2.05) is 0 Å². The standard InChI is InChI=1S/C11H13ClN2O2/c12-10-6-8(1-2-11(10)14(15)16)5-9-3-4-13-7-9/h1-2,6,9,13H,3-5,7H2. The minimum absolute atomic E-state index is 0.0186. The maximum Gasteiger partial charge on any atom is 0.287 e. The van der Waals surface area contributed by atoms with E-state index >= 15 is 0 Å². The zero-order valence-electron chi connectivity index (χ0n) is 8.78. The number of hydrogen-bond donors (Lipinski definition) is 1. The molecule has 0 radical (unpaired) electrons. The summed E-state index contributed by atoms with van der Waals surface area (Å²) in [4.78, 5) is 10.1. The van der Waals surface area contributed by atoms with Gasteiger partial charge in [0.1, 0.15) is 5.02 Å². The number of hydrogen-bond acceptors (Lipinski definition) is 3. The lowest BCUT2D eigenvalue weighted by molar-refractivity contribution is -0.384. The van der Waals surface area contributed by atoms with Crippen LogP contribution in [-0.4, -0.2) is 18.0 Å². The molecule has 0 aliphatic carbocycles. The molecule has 1 aromatic rings. The van der Waals surface area contributed by atoms with Crippen molar-refractivity contribution in [3.8, 4) is 0 Å². The third-order valence-corrected chi connectivity index (χ3v) is 3.20. The van der Waals surface area contributed by atoms with Crippen LogP contribution in [0, 0.1) is 16.0 Å². The molecule has 1 N–H and O–H groups in total. The Hall–Kier alpha value is -1.13. The molecule has 1 saturated heterocycles. The van der Waals surface area contributed by atoms with E-state index in [4.69, 9.17) is 11.6 Å². The second kappa shape index (κ2) is 4.80. The van der Waals surface area contributed by atoms with E-state index in [2.05, 4.69) is 5.32 Å². The topological polar surface area (TPSA) is 55.2 Å². The summed E-state index contributed by atoms with van der Waals surface area (Å²) in [6.45, 7) is 2.08. The Labute approximate surface area is 98.8 Å². The van der Waals surface area contributed by atoms with Crippen LogP contribution < -0.4 is 5.32 Å². The van der Waals surface area contributed by atoms with Crippen LogP contribution in [0.15, 0.2) is 18.2 Å². The normalized spacial score (nSPS) is 19.9. The lowest BCUT2D eigenvalue weighted by Crippen LogP contribution is -2.10. The smallest absolute Gasteiger partial charge is 0.287 e. The summed E-state index contributed by atoms with van der Waals surface area (Å²) < 4.78 is 0. The van der Waals surface area contributed by atoms with Crippen LogP contribution in [0.1, 0.15) is 12.0 Å². The molecule has 86 valence electrons. The van der Waals surface area contributed by atoms with Crippen LogP contribution in [0.5, 0.6) is 0 Å². The van der Waals surface area contributed by atoms with E-state index in [9.17, 15) is 10.1 Å². The molecule has 1 atom stereocenters. The Morgan fingerprint density at radius 1 is 1.56 bits per heavy atom. The molecule has 1 aliphatic heterocycles. The fraction of sp³-hybridized carbons (Fsp3) is 0.455. The lowest BCUT2D eigenvalue weighted by Gasteiger charge is -2.08. The summed E-state index contributed by atoms with van der Waals surface area (Å²) in [7, 11) is 0. The fourth-order valence-electron chi connectivity index (χ4n) is 2.05. The number of nitro benzene ring substituents is 1. The SMILES string of the molecule is O=[N+]([O-])c1ccc(CC2CCNC2)cc1Cl. The van der Waals surface area contributed by atoms with Gasteiger partial charge in [-0.1, -0.05) is 17.7 Å². The molecule has 1 heterocycles. The van der Waals surface area contributed by atoms with E-state index < -0.39 is 4.92 Å². The second-order valence-electron chi connectivity index (χ2n) is 4.11. The summed E-state index contributed by atoms with van der Waals surface area (Å²) in [6.07, 6.45) is 2.10. The van der Waals surface area contributed by atoms with Crippen LogP contribution in [0.3, 0.4) is 0 Å². The van der Waals surface area contributed by atoms with E-state index in [1.165, 1.54) is 6.07 Å². The highest BCUT2D eigenvalue weighted by Crippen LogP contribution is 2.26. The Balaban J connectivity index is 2.11. The Bertz CT molecular complexity index is 403. The number of benzene rings is 1. The minimum Gasteiger partial charge on any atom is -0.316 e. The van der Waals surface area contributed by atoms with Crippen LogP contribution in [0.2, 0.25) is 5.02 Å². The van der Waals surface area contributed by atoms with Gasteiger partial charge in [0.2, 0.25) is 0 Å². The van der Waals surface area contributed by atoms with Gasteiger partial charge in [-0.15, -0.1) is 0 Å².